The van der Waals surface area contributed by atoms with Crippen LogP contribution in [-0.4, -0.2) is 30.9 Å². The van der Waals surface area contributed by atoms with Crippen LogP contribution in [0.2, 0.25) is 0 Å². The lowest BCUT2D eigenvalue weighted by Gasteiger charge is -2.15. The fraction of sp³-hybridized carbons (Fsp3) is 0.227. The highest BCUT2D eigenvalue weighted by molar-refractivity contribution is 6.08. The van der Waals surface area contributed by atoms with Gasteiger partial charge in [-0.1, -0.05) is 12.1 Å². The van der Waals surface area contributed by atoms with Crippen molar-refractivity contribution in [2.45, 2.75) is 19.8 Å². The minimum atomic E-state index is -0.370. The minimum Gasteiger partial charge on any atom is -0.454 e. The van der Waals surface area contributed by atoms with Crippen molar-refractivity contribution in [1.82, 2.24) is 0 Å². The third-order valence-corrected chi connectivity index (χ3v) is 4.86. The van der Waals surface area contributed by atoms with Crippen LogP contribution in [-0.2, 0) is 9.59 Å². The Morgan fingerprint density at radius 3 is 2.48 bits per heavy atom. The van der Waals surface area contributed by atoms with Crippen molar-refractivity contribution in [2.75, 3.05) is 23.6 Å². The van der Waals surface area contributed by atoms with Crippen molar-refractivity contribution in [1.29, 1.82) is 0 Å². The van der Waals surface area contributed by atoms with E-state index in [4.69, 9.17) is 9.47 Å². The monoisotopic (exact) mass is 392 g/mol. The van der Waals surface area contributed by atoms with Gasteiger partial charge in [0.25, 0.3) is 0 Å². The van der Waals surface area contributed by atoms with E-state index < -0.39 is 0 Å². The fourth-order valence-electron chi connectivity index (χ4n) is 3.37. The Morgan fingerprint density at radius 1 is 1.10 bits per heavy atom. The van der Waals surface area contributed by atoms with Gasteiger partial charge in [-0.2, -0.15) is 0 Å². The largest absolute Gasteiger partial charge is 0.454 e. The lowest BCUT2D eigenvalue weighted by molar-refractivity contribution is -0.117. The quantitative estimate of drug-likeness (QED) is 0.623. The average molecular weight is 392 g/mol. The number of hydrogen-bond acceptors (Lipinski definition) is 5. The number of benzene rings is 2. The van der Waals surface area contributed by atoms with Gasteiger partial charge in [-0.15, -0.1) is 0 Å². The normalized spacial score (nSPS) is 15.2. The topological polar surface area (TPSA) is 84.9 Å². The lowest BCUT2D eigenvalue weighted by Crippen LogP contribution is -2.23. The Labute approximate surface area is 167 Å². The van der Waals surface area contributed by atoms with Gasteiger partial charge in [-0.25, -0.2) is 0 Å². The first-order chi connectivity index (χ1) is 14.0. The van der Waals surface area contributed by atoms with Crippen LogP contribution in [0.15, 0.2) is 42.5 Å². The molecular weight excluding hydrogens is 372 g/mol. The number of amides is 2. The lowest BCUT2D eigenvalue weighted by atomic mass is 10.1. The summed E-state index contributed by atoms with van der Waals surface area (Å²) < 4.78 is 10.6. The van der Waals surface area contributed by atoms with Crippen LogP contribution in [0.25, 0.3) is 6.08 Å². The van der Waals surface area contributed by atoms with Gasteiger partial charge in [0.1, 0.15) is 0 Å². The number of ether oxygens (including phenoxy) is 2. The molecule has 7 nitrogen and oxygen atoms in total. The Balaban J connectivity index is 1.45. The summed E-state index contributed by atoms with van der Waals surface area (Å²) in [4.78, 5) is 37.8. The van der Waals surface area contributed by atoms with Crippen molar-refractivity contribution in [3.63, 3.8) is 0 Å². The molecule has 0 aliphatic carbocycles. The van der Waals surface area contributed by atoms with E-state index in [0.717, 1.165) is 24.2 Å². The molecule has 0 radical (unpaired) electrons. The summed E-state index contributed by atoms with van der Waals surface area (Å²) in [5, 5.41) is 2.72. The summed E-state index contributed by atoms with van der Waals surface area (Å²) in [7, 11) is 0. The highest BCUT2D eigenvalue weighted by Crippen LogP contribution is 2.37. The Hall–Kier alpha value is -3.61. The Bertz CT molecular complexity index is 1010. The first-order valence-corrected chi connectivity index (χ1v) is 9.35. The second-order valence-electron chi connectivity index (χ2n) is 6.87. The van der Waals surface area contributed by atoms with E-state index >= 15 is 0 Å². The van der Waals surface area contributed by atoms with Gasteiger partial charge in [0.05, 0.1) is 5.69 Å². The maximum Gasteiger partial charge on any atom is 0.248 e. The first-order valence-electron chi connectivity index (χ1n) is 9.35. The molecule has 2 heterocycles. The molecule has 7 heteroatoms. The van der Waals surface area contributed by atoms with Gasteiger partial charge in [0.15, 0.2) is 17.3 Å². The number of anilines is 2. The molecule has 2 aliphatic heterocycles. The summed E-state index contributed by atoms with van der Waals surface area (Å²) in [5.74, 6) is 0.555. The third-order valence-electron chi connectivity index (χ3n) is 4.86. The van der Waals surface area contributed by atoms with E-state index in [-0.39, 0.29) is 24.4 Å². The van der Waals surface area contributed by atoms with Crippen LogP contribution in [0.4, 0.5) is 11.4 Å². The molecule has 0 atom stereocenters. The van der Waals surface area contributed by atoms with E-state index in [0.29, 0.717) is 29.2 Å². The second kappa shape index (κ2) is 7.79. The van der Waals surface area contributed by atoms with Gasteiger partial charge in [-0.05, 0) is 43.2 Å². The van der Waals surface area contributed by atoms with Crippen LogP contribution in [0, 0.1) is 0 Å². The predicted molar refractivity (Wildman–Crippen MR) is 108 cm³/mol. The standard InChI is InChI=1S/C22H20N2O5/c1-14(25)17-11-19-20(29-13-28-19)12-18(17)23-21(26)9-6-15-4-7-16(8-5-15)24-10-2-3-22(24)27/h4-9,11-12H,2-3,10,13H2,1H3,(H,23,26)/b9-6+. The number of ketones is 1. The number of nitrogens with one attached hydrogen (secondary N) is 1. The number of fused-ring (bicyclic) bond motifs is 1. The van der Waals surface area contributed by atoms with E-state index in [1.807, 2.05) is 24.3 Å². The molecule has 0 aromatic heterocycles. The first kappa shape index (κ1) is 18.7. The fourth-order valence-corrected chi connectivity index (χ4v) is 3.37. The van der Waals surface area contributed by atoms with Gasteiger partial charge < -0.3 is 19.7 Å². The highest BCUT2D eigenvalue weighted by atomic mass is 16.7. The molecule has 2 amide bonds. The van der Waals surface area contributed by atoms with Crippen molar-refractivity contribution in [2.24, 2.45) is 0 Å². The molecule has 0 bridgehead atoms. The molecular formula is C22H20N2O5. The number of carbonyl (C=O) groups is 3. The van der Waals surface area contributed by atoms with Crippen LogP contribution in [0.5, 0.6) is 11.5 Å². The van der Waals surface area contributed by atoms with E-state index in [2.05, 4.69) is 5.32 Å². The number of carbonyl (C=O) groups excluding carboxylic acids is 3. The Kier molecular flexibility index (Phi) is 5.03. The molecule has 4 rings (SSSR count). The summed E-state index contributed by atoms with van der Waals surface area (Å²) in [6, 6.07) is 10.6. The van der Waals surface area contributed by atoms with Crippen molar-refractivity contribution < 1.29 is 23.9 Å². The van der Waals surface area contributed by atoms with E-state index in [1.165, 1.54) is 13.0 Å². The molecule has 29 heavy (non-hydrogen) atoms. The molecule has 1 N–H and O–H groups in total. The molecule has 0 spiro atoms. The molecule has 148 valence electrons. The summed E-state index contributed by atoms with van der Waals surface area (Å²) in [6.45, 7) is 2.25. The molecule has 2 aliphatic rings. The molecule has 0 saturated carbocycles. The van der Waals surface area contributed by atoms with Crippen molar-refractivity contribution in [3.05, 3.63) is 53.6 Å². The maximum absolute atomic E-state index is 12.3. The van der Waals surface area contributed by atoms with E-state index in [9.17, 15) is 14.4 Å². The van der Waals surface area contributed by atoms with Gasteiger partial charge in [0, 0.05) is 36.4 Å². The number of rotatable bonds is 5. The molecule has 2 aromatic carbocycles. The second-order valence-corrected chi connectivity index (χ2v) is 6.87. The number of hydrogen-bond donors (Lipinski definition) is 1. The maximum atomic E-state index is 12.3. The van der Waals surface area contributed by atoms with Crippen molar-refractivity contribution >= 4 is 35.0 Å². The highest BCUT2D eigenvalue weighted by Gasteiger charge is 2.21. The van der Waals surface area contributed by atoms with Crippen LogP contribution in [0.3, 0.4) is 0 Å². The predicted octanol–water partition coefficient (Wildman–Crippen LogP) is 3.40. The smallest absolute Gasteiger partial charge is 0.248 e. The summed E-state index contributed by atoms with van der Waals surface area (Å²) in [6.07, 6.45) is 4.53. The number of nitrogens with zero attached hydrogens (tertiary/aromatic N) is 1. The third kappa shape index (κ3) is 3.99. The molecule has 2 aromatic rings. The van der Waals surface area contributed by atoms with E-state index in [1.54, 1.807) is 23.1 Å². The molecule has 1 fully saturated rings. The van der Waals surface area contributed by atoms with Crippen molar-refractivity contribution in [3.8, 4) is 11.5 Å². The van der Waals surface area contributed by atoms with Gasteiger partial charge in [0.2, 0.25) is 18.6 Å². The summed E-state index contributed by atoms with van der Waals surface area (Å²) in [5.41, 5.74) is 2.42. The zero-order valence-electron chi connectivity index (χ0n) is 15.9. The average Bonchev–Trinajstić information content (AvgIpc) is 3.34. The van der Waals surface area contributed by atoms with Crippen LogP contribution >= 0.6 is 0 Å². The molecule has 1 saturated heterocycles. The van der Waals surface area contributed by atoms with Gasteiger partial charge >= 0.3 is 0 Å². The zero-order chi connectivity index (χ0) is 20.4. The SMILES string of the molecule is CC(=O)c1cc2c(cc1NC(=O)/C=C/c1ccc(N3CCCC3=O)cc1)OCO2. The van der Waals surface area contributed by atoms with Gasteiger partial charge in [-0.3, -0.25) is 14.4 Å². The Morgan fingerprint density at radius 2 is 1.83 bits per heavy atom. The summed E-state index contributed by atoms with van der Waals surface area (Å²) >= 11 is 0. The van der Waals surface area contributed by atoms with Crippen LogP contribution < -0.4 is 19.7 Å². The molecule has 0 unspecified atom stereocenters. The van der Waals surface area contributed by atoms with Crippen LogP contribution in [0.1, 0.15) is 35.7 Å². The number of Topliss-reactive ketones (excluding diaryl/α,β-unsaturated/α-hetero) is 1. The zero-order valence-corrected chi connectivity index (χ0v) is 15.9. The minimum absolute atomic E-state index is 0.0863.